The van der Waals surface area contributed by atoms with Crippen LogP contribution < -0.4 is 10.6 Å². The molecule has 1 amide bonds. The Balaban J connectivity index is 1.90. The molecule has 0 atom stereocenters. The Bertz CT molecular complexity index is 839. The summed E-state index contributed by atoms with van der Waals surface area (Å²) in [6.45, 7) is 2.55. The first-order chi connectivity index (χ1) is 10.5. The number of hydrogen-bond donors (Lipinski definition) is 2. The molecule has 0 aliphatic carbocycles. The van der Waals surface area contributed by atoms with Crippen LogP contribution in [0.15, 0.2) is 36.5 Å². The SMILES string of the molecule is Cc1ccc2nc(CN(C)c3ncccc3C(N)=O)[nH]c2c1. The van der Waals surface area contributed by atoms with Crippen LogP contribution in [-0.4, -0.2) is 27.9 Å². The highest BCUT2D eigenvalue weighted by Gasteiger charge is 2.14. The minimum absolute atomic E-state index is 0.400. The third kappa shape index (κ3) is 2.63. The number of nitrogens with zero attached hydrogens (tertiary/aromatic N) is 3. The van der Waals surface area contributed by atoms with E-state index < -0.39 is 5.91 Å². The van der Waals surface area contributed by atoms with Crippen LogP contribution in [-0.2, 0) is 6.54 Å². The molecule has 2 heterocycles. The van der Waals surface area contributed by atoms with E-state index in [1.165, 1.54) is 5.56 Å². The second-order valence-electron chi connectivity index (χ2n) is 5.30. The maximum atomic E-state index is 11.5. The van der Waals surface area contributed by atoms with Crippen molar-refractivity contribution >= 4 is 22.8 Å². The molecule has 0 fully saturated rings. The predicted octanol–water partition coefficient (Wildman–Crippen LogP) is 2.00. The predicted molar refractivity (Wildman–Crippen MR) is 85.7 cm³/mol. The minimum atomic E-state index is -0.491. The number of hydrogen-bond acceptors (Lipinski definition) is 4. The van der Waals surface area contributed by atoms with Crippen molar-refractivity contribution in [1.82, 2.24) is 15.0 Å². The van der Waals surface area contributed by atoms with E-state index in [4.69, 9.17) is 5.73 Å². The van der Waals surface area contributed by atoms with E-state index in [2.05, 4.69) is 21.0 Å². The Kier molecular flexibility index (Phi) is 3.50. The summed E-state index contributed by atoms with van der Waals surface area (Å²) < 4.78 is 0. The number of aromatic amines is 1. The van der Waals surface area contributed by atoms with Gasteiger partial charge in [-0.3, -0.25) is 4.79 Å². The Labute approximate surface area is 128 Å². The van der Waals surface area contributed by atoms with Gasteiger partial charge >= 0.3 is 0 Å². The molecule has 3 rings (SSSR count). The van der Waals surface area contributed by atoms with Gasteiger partial charge in [0, 0.05) is 13.2 Å². The summed E-state index contributed by atoms with van der Waals surface area (Å²) in [7, 11) is 1.85. The zero-order valence-electron chi connectivity index (χ0n) is 12.5. The highest BCUT2D eigenvalue weighted by Crippen LogP contribution is 2.19. The molecule has 0 aliphatic heterocycles. The van der Waals surface area contributed by atoms with E-state index in [1.807, 2.05) is 31.0 Å². The fourth-order valence-electron chi connectivity index (χ4n) is 2.44. The number of aromatic nitrogens is 3. The van der Waals surface area contributed by atoms with Crippen LogP contribution in [0.1, 0.15) is 21.7 Å². The first-order valence-electron chi connectivity index (χ1n) is 6.96. The number of fused-ring (bicyclic) bond motifs is 1. The van der Waals surface area contributed by atoms with E-state index in [9.17, 15) is 4.79 Å². The average molecular weight is 295 g/mol. The molecule has 0 spiro atoms. The number of benzene rings is 1. The van der Waals surface area contributed by atoms with Crippen LogP contribution >= 0.6 is 0 Å². The molecule has 2 aromatic heterocycles. The lowest BCUT2D eigenvalue weighted by Crippen LogP contribution is -2.23. The number of H-pyrrole nitrogens is 1. The van der Waals surface area contributed by atoms with Crippen molar-refractivity contribution in [2.75, 3.05) is 11.9 Å². The highest BCUT2D eigenvalue weighted by molar-refractivity contribution is 5.97. The maximum Gasteiger partial charge on any atom is 0.252 e. The van der Waals surface area contributed by atoms with Crippen LogP contribution in [0.3, 0.4) is 0 Å². The number of anilines is 1. The van der Waals surface area contributed by atoms with Gasteiger partial charge in [-0.25, -0.2) is 9.97 Å². The Morgan fingerprint density at radius 2 is 2.18 bits per heavy atom. The fraction of sp³-hybridized carbons (Fsp3) is 0.188. The smallest absolute Gasteiger partial charge is 0.252 e. The van der Waals surface area contributed by atoms with Gasteiger partial charge < -0.3 is 15.6 Å². The molecule has 22 heavy (non-hydrogen) atoms. The van der Waals surface area contributed by atoms with Crippen LogP contribution in [0, 0.1) is 6.92 Å². The summed E-state index contributed by atoms with van der Waals surface area (Å²) in [5.74, 6) is 0.867. The molecule has 0 radical (unpaired) electrons. The summed E-state index contributed by atoms with van der Waals surface area (Å²) in [6, 6.07) is 9.44. The van der Waals surface area contributed by atoms with Gasteiger partial charge in [-0.15, -0.1) is 0 Å². The van der Waals surface area contributed by atoms with Crippen molar-refractivity contribution in [3.05, 3.63) is 53.5 Å². The number of pyridine rings is 1. The van der Waals surface area contributed by atoms with Crippen molar-refractivity contribution < 1.29 is 4.79 Å². The first kappa shape index (κ1) is 14.1. The molecular weight excluding hydrogens is 278 g/mol. The van der Waals surface area contributed by atoms with Crippen molar-refractivity contribution in [1.29, 1.82) is 0 Å². The summed E-state index contributed by atoms with van der Waals surface area (Å²) in [4.78, 5) is 25.4. The van der Waals surface area contributed by atoms with E-state index in [1.54, 1.807) is 18.3 Å². The Morgan fingerprint density at radius 3 is 2.95 bits per heavy atom. The quantitative estimate of drug-likeness (QED) is 0.770. The molecule has 0 bridgehead atoms. The summed E-state index contributed by atoms with van der Waals surface area (Å²) >= 11 is 0. The zero-order chi connectivity index (χ0) is 15.7. The van der Waals surface area contributed by atoms with Gasteiger partial charge in [-0.05, 0) is 36.8 Å². The van der Waals surface area contributed by atoms with Crippen molar-refractivity contribution in [3.8, 4) is 0 Å². The lowest BCUT2D eigenvalue weighted by Gasteiger charge is -2.18. The number of carbonyl (C=O) groups excluding carboxylic acids is 1. The monoisotopic (exact) mass is 295 g/mol. The number of carbonyl (C=O) groups is 1. The zero-order valence-corrected chi connectivity index (χ0v) is 12.5. The number of rotatable bonds is 4. The second kappa shape index (κ2) is 5.48. The minimum Gasteiger partial charge on any atom is -0.365 e. The Morgan fingerprint density at radius 1 is 1.36 bits per heavy atom. The molecule has 6 nitrogen and oxygen atoms in total. The lowest BCUT2D eigenvalue weighted by molar-refractivity contribution is 0.100. The molecule has 1 aromatic carbocycles. The molecule has 0 unspecified atom stereocenters. The fourth-order valence-corrected chi connectivity index (χ4v) is 2.44. The average Bonchev–Trinajstić information content (AvgIpc) is 2.88. The summed E-state index contributed by atoms with van der Waals surface area (Å²) in [5, 5.41) is 0. The van der Waals surface area contributed by atoms with Crippen molar-refractivity contribution in [2.24, 2.45) is 5.73 Å². The molecule has 0 aliphatic rings. The van der Waals surface area contributed by atoms with Crippen molar-refractivity contribution in [3.63, 3.8) is 0 Å². The molecule has 0 saturated carbocycles. The van der Waals surface area contributed by atoms with Crippen molar-refractivity contribution in [2.45, 2.75) is 13.5 Å². The maximum absolute atomic E-state index is 11.5. The van der Waals surface area contributed by atoms with Crippen LogP contribution in [0.2, 0.25) is 0 Å². The lowest BCUT2D eigenvalue weighted by atomic mass is 10.2. The molecule has 112 valence electrons. The van der Waals surface area contributed by atoms with Gasteiger partial charge in [0.25, 0.3) is 5.91 Å². The van der Waals surface area contributed by atoms with E-state index in [-0.39, 0.29) is 0 Å². The molecular formula is C16H17N5O. The Hall–Kier alpha value is -2.89. The molecule has 6 heteroatoms. The topological polar surface area (TPSA) is 87.9 Å². The van der Waals surface area contributed by atoms with E-state index in [0.717, 1.165) is 16.9 Å². The largest absolute Gasteiger partial charge is 0.365 e. The van der Waals surface area contributed by atoms with Crippen LogP contribution in [0.5, 0.6) is 0 Å². The number of imidazole rings is 1. The van der Waals surface area contributed by atoms with Gasteiger partial charge in [-0.2, -0.15) is 0 Å². The molecule has 3 aromatic rings. The van der Waals surface area contributed by atoms with Crippen LogP contribution in [0.25, 0.3) is 11.0 Å². The molecule has 0 saturated heterocycles. The van der Waals surface area contributed by atoms with Gasteiger partial charge in [0.15, 0.2) is 0 Å². The normalized spacial score (nSPS) is 10.8. The van der Waals surface area contributed by atoms with E-state index >= 15 is 0 Å². The summed E-state index contributed by atoms with van der Waals surface area (Å²) in [5.41, 5.74) is 8.89. The number of nitrogens with two attached hydrogens (primary N) is 1. The second-order valence-corrected chi connectivity index (χ2v) is 5.30. The molecule has 3 N–H and O–H groups in total. The van der Waals surface area contributed by atoms with Gasteiger partial charge in [-0.1, -0.05) is 6.07 Å². The summed E-state index contributed by atoms with van der Waals surface area (Å²) in [6.07, 6.45) is 1.64. The standard InChI is InChI=1S/C16H17N5O/c1-10-5-6-12-13(8-10)20-14(19-12)9-21(2)16-11(15(17)22)4-3-7-18-16/h3-8H,9H2,1-2H3,(H2,17,22)(H,19,20). The number of nitrogens with one attached hydrogen (secondary N) is 1. The third-order valence-corrected chi connectivity index (χ3v) is 3.49. The first-order valence-corrected chi connectivity index (χ1v) is 6.96. The van der Waals surface area contributed by atoms with E-state index in [0.29, 0.717) is 17.9 Å². The number of aryl methyl sites for hydroxylation is 1. The number of primary amides is 1. The van der Waals surface area contributed by atoms with Gasteiger partial charge in [0.1, 0.15) is 11.6 Å². The van der Waals surface area contributed by atoms with Crippen LogP contribution in [0.4, 0.5) is 5.82 Å². The number of amides is 1. The van der Waals surface area contributed by atoms with Gasteiger partial charge in [0.2, 0.25) is 0 Å². The van der Waals surface area contributed by atoms with Gasteiger partial charge in [0.05, 0.1) is 23.1 Å². The highest BCUT2D eigenvalue weighted by atomic mass is 16.1. The third-order valence-electron chi connectivity index (χ3n) is 3.49.